The molecular formula is C24H25N3O2S. The molecule has 2 amide bonds. The summed E-state index contributed by atoms with van der Waals surface area (Å²) in [4.78, 5) is 30.6. The van der Waals surface area contributed by atoms with E-state index in [2.05, 4.69) is 10.2 Å². The molecule has 0 aromatic heterocycles. The zero-order valence-corrected chi connectivity index (χ0v) is 17.8. The summed E-state index contributed by atoms with van der Waals surface area (Å²) in [6, 6.07) is 21.7. The van der Waals surface area contributed by atoms with E-state index in [0.717, 1.165) is 22.0 Å². The summed E-state index contributed by atoms with van der Waals surface area (Å²) in [6.45, 7) is 2.96. The van der Waals surface area contributed by atoms with Crippen molar-refractivity contribution in [3.63, 3.8) is 0 Å². The molecule has 4 rings (SSSR count). The van der Waals surface area contributed by atoms with Gasteiger partial charge < -0.3 is 10.2 Å². The zero-order chi connectivity index (χ0) is 20.9. The van der Waals surface area contributed by atoms with E-state index in [0.29, 0.717) is 32.7 Å². The molecule has 1 aliphatic rings. The number of benzene rings is 3. The molecule has 154 valence electrons. The van der Waals surface area contributed by atoms with Crippen molar-refractivity contribution in [3.05, 3.63) is 72.3 Å². The van der Waals surface area contributed by atoms with Gasteiger partial charge in [0.2, 0.25) is 5.91 Å². The number of rotatable bonds is 5. The topological polar surface area (TPSA) is 52.7 Å². The van der Waals surface area contributed by atoms with Gasteiger partial charge in [0.1, 0.15) is 0 Å². The predicted molar refractivity (Wildman–Crippen MR) is 123 cm³/mol. The van der Waals surface area contributed by atoms with Crippen molar-refractivity contribution < 1.29 is 9.59 Å². The molecule has 0 saturated carbocycles. The van der Waals surface area contributed by atoms with Crippen molar-refractivity contribution >= 4 is 40.0 Å². The minimum absolute atomic E-state index is 0.0271. The molecule has 1 saturated heterocycles. The lowest BCUT2D eigenvalue weighted by molar-refractivity contribution is -0.117. The van der Waals surface area contributed by atoms with E-state index in [1.165, 1.54) is 4.90 Å². The molecule has 1 fully saturated rings. The first-order valence-electron chi connectivity index (χ1n) is 10.1. The molecule has 0 bridgehead atoms. The fourth-order valence-electron chi connectivity index (χ4n) is 3.77. The quantitative estimate of drug-likeness (QED) is 0.636. The van der Waals surface area contributed by atoms with Gasteiger partial charge in [-0.25, -0.2) is 0 Å². The molecule has 0 unspecified atom stereocenters. The highest BCUT2D eigenvalue weighted by Gasteiger charge is 2.24. The molecule has 3 aromatic rings. The van der Waals surface area contributed by atoms with Crippen LogP contribution in [-0.4, -0.2) is 60.6 Å². The number of hydrogen-bond acceptors (Lipinski definition) is 4. The molecule has 0 aliphatic carbocycles. The minimum Gasteiger partial charge on any atom is -0.336 e. The first-order valence-corrected chi connectivity index (χ1v) is 11.3. The number of amides is 2. The van der Waals surface area contributed by atoms with Crippen LogP contribution in [0.5, 0.6) is 0 Å². The van der Waals surface area contributed by atoms with Crippen LogP contribution >= 0.6 is 11.8 Å². The summed E-state index contributed by atoms with van der Waals surface area (Å²) in [5, 5.41) is 5.01. The van der Waals surface area contributed by atoms with Crippen molar-refractivity contribution in [2.75, 3.05) is 44.3 Å². The Hall–Kier alpha value is -2.83. The fourth-order valence-corrected chi connectivity index (χ4v) is 4.18. The molecule has 1 aliphatic heterocycles. The lowest BCUT2D eigenvalue weighted by Gasteiger charge is -2.34. The molecule has 5 nitrogen and oxygen atoms in total. The molecular weight excluding hydrogens is 394 g/mol. The summed E-state index contributed by atoms with van der Waals surface area (Å²) in [7, 11) is 0. The van der Waals surface area contributed by atoms with Gasteiger partial charge in [-0.3, -0.25) is 14.5 Å². The first kappa shape index (κ1) is 20.4. The van der Waals surface area contributed by atoms with Gasteiger partial charge >= 0.3 is 0 Å². The lowest BCUT2D eigenvalue weighted by atomic mass is 10.0. The largest absolute Gasteiger partial charge is 0.336 e. The molecule has 1 N–H and O–H groups in total. The number of piperazine rings is 1. The van der Waals surface area contributed by atoms with Crippen LogP contribution in [0.2, 0.25) is 0 Å². The van der Waals surface area contributed by atoms with Crippen molar-refractivity contribution in [2.45, 2.75) is 4.90 Å². The van der Waals surface area contributed by atoms with E-state index in [1.54, 1.807) is 11.8 Å². The highest BCUT2D eigenvalue weighted by Crippen LogP contribution is 2.21. The average Bonchev–Trinajstić information content (AvgIpc) is 2.79. The van der Waals surface area contributed by atoms with Crippen LogP contribution in [0, 0.1) is 0 Å². The minimum atomic E-state index is -0.0271. The Balaban J connectivity index is 1.32. The molecule has 0 spiro atoms. The van der Waals surface area contributed by atoms with Gasteiger partial charge in [-0.05, 0) is 47.4 Å². The fraction of sp³-hybridized carbons (Fsp3) is 0.250. The summed E-state index contributed by atoms with van der Waals surface area (Å²) in [5.74, 6) is 0.0329. The van der Waals surface area contributed by atoms with Gasteiger partial charge in [0.15, 0.2) is 0 Å². The first-order chi connectivity index (χ1) is 14.6. The number of nitrogens with zero attached hydrogens (tertiary/aromatic N) is 2. The lowest BCUT2D eigenvalue weighted by Crippen LogP contribution is -2.50. The SMILES string of the molecule is CSc1ccc(NC(=O)CN2CCN(C(=O)c3cccc4ccccc34)CC2)cc1. The number of hydrogen-bond donors (Lipinski definition) is 1. The number of carbonyl (C=O) groups excluding carboxylic acids is 2. The van der Waals surface area contributed by atoms with Crippen LogP contribution < -0.4 is 5.32 Å². The third-order valence-corrected chi connectivity index (χ3v) is 6.16. The van der Waals surface area contributed by atoms with Crippen molar-refractivity contribution in [1.82, 2.24) is 9.80 Å². The Kier molecular flexibility index (Phi) is 6.35. The van der Waals surface area contributed by atoms with Crippen LogP contribution in [0.1, 0.15) is 10.4 Å². The summed E-state index contributed by atoms with van der Waals surface area (Å²) in [5.41, 5.74) is 1.55. The Morgan fingerprint density at radius 3 is 2.33 bits per heavy atom. The predicted octanol–water partition coefficient (Wildman–Crippen LogP) is 3.96. The zero-order valence-electron chi connectivity index (χ0n) is 17.0. The molecule has 0 radical (unpaired) electrons. The van der Waals surface area contributed by atoms with Crippen molar-refractivity contribution in [3.8, 4) is 0 Å². The second-order valence-electron chi connectivity index (χ2n) is 7.37. The molecule has 0 atom stereocenters. The normalized spacial score (nSPS) is 14.6. The highest BCUT2D eigenvalue weighted by molar-refractivity contribution is 7.98. The summed E-state index contributed by atoms with van der Waals surface area (Å²) >= 11 is 1.67. The number of carbonyl (C=O) groups is 2. The maximum atomic E-state index is 13.1. The standard InChI is InChI=1S/C24H25N3O2S/c1-30-20-11-9-19(10-12-20)25-23(28)17-26-13-15-27(16-14-26)24(29)22-8-4-6-18-5-2-3-7-21(18)22/h2-12H,13-17H2,1H3,(H,25,28). The van der Waals surface area contributed by atoms with E-state index in [4.69, 9.17) is 0 Å². The van der Waals surface area contributed by atoms with E-state index < -0.39 is 0 Å². The van der Waals surface area contributed by atoms with Crippen LogP contribution in [0.4, 0.5) is 5.69 Å². The van der Waals surface area contributed by atoms with Gasteiger partial charge in [-0.1, -0.05) is 36.4 Å². The van der Waals surface area contributed by atoms with Gasteiger partial charge in [0.05, 0.1) is 6.54 Å². The van der Waals surface area contributed by atoms with Crippen molar-refractivity contribution in [1.29, 1.82) is 0 Å². The molecule has 3 aromatic carbocycles. The second kappa shape index (κ2) is 9.32. The van der Waals surface area contributed by atoms with Crippen molar-refractivity contribution in [2.24, 2.45) is 0 Å². The number of fused-ring (bicyclic) bond motifs is 1. The van der Waals surface area contributed by atoms with E-state index >= 15 is 0 Å². The summed E-state index contributed by atoms with van der Waals surface area (Å²) < 4.78 is 0. The van der Waals surface area contributed by atoms with Crippen LogP contribution in [-0.2, 0) is 4.79 Å². The van der Waals surface area contributed by atoms with E-state index in [1.807, 2.05) is 77.9 Å². The van der Waals surface area contributed by atoms with Crippen LogP contribution in [0.15, 0.2) is 71.6 Å². The van der Waals surface area contributed by atoms with Gasteiger partial charge in [-0.15, -0.1) is 11.8 Å². The Morgan fingerprint density at radius 2 is 1.60 bits per heavy atom. The Labute approximate surface area is 181 Å². The Morgan fingerprint density at radius 1 is 0.900 bits per heavy atom. The molecule has 1 heterocycles. The second-order valence-corrected chi connectivity index (χ2v) is 8.25. The number of thioether (sulfide) groups is 1. The number of nitrogens with one attached hydrogen (secondary N) is 1. The maximum Gasteiger partial charge on any atom is 0.254 e. The smallest absolute Gasteiger partial charge is 0.254 e. The molecule has 6 heteroatoms. The van der Waals surface area contributed by atoms with Gasteiger partial charge in [0, 0.05) is 42.3 Å². The third kappa shape index (κ3) is 4.66. The maximum absolute atomic E-state index is 13.1. The summed E-state index contributed by atoms with van der Waals surface area (Å²) in [6.07, 6.45) is 2.03. The molecule has 30 heavy (non-hydrogen) atoms. The van der Waals surface area contributed by atoms with Crippen LogP contribution in [0.3, 0.4) is 0 Å². The number of anilines is 1. The monoisotopic (exact) mass is 419 g/mol. The van der Waals surface area contributed by atoms with Gasteiger partial charge in [0.25, 0.3) is 5.91 Å². The van der Waals surface area contributed by atoms with Crippen LogP contribution in [0.25, 0.3) is 10.8 Å². The van der Waals surface area contributed by atoms with E-state index in [-0.39, 0.29) is 11.8 Å². The van der Waals surface area contributed by atoms with Gasteiger partial charge in [-0.2, -0.15) is 0 Å². The van der Waals surface area contributed by atoms with E-state index in [9.17, 15) is 9.59 Å². The highest BCUT2D eigenvalue weighted by atomic mass is 32.2. The average molecular weight is 420 g/mol. The third-order valence-electron chi connectivity index (χ3n) is 5.42. The Bertz CT molecular complexity index is 1040.